The van der Waals surface area contributed by atoms with Crippen LogP contribution in [0.4, 0.5) is 0 Å². The third-order valence-electron chi connectivity index (χ3n) is 2.64. The second-order valence-corrected chi connectivity index (χ2v) is 4.02. The summed E-state index contributed by atoms with van der Waals surface area (Å²) in [6.07, 6.45) is 2.15. The van der Waals surface area contributed by atoms with Gasteiger partial charge in [-0.2, -0.15) is 0 Å². The molecule has 0 unspecified atom stereocenters. The molecular weight excluding hydrogens is 260 g/mol. The van der Waals surface area contributed by atoms with Gasteiger partial charge in [0.1, 0.15) is 5.69 Å². The number of hydrogen-bond donors (Lipinski definition) is 1. The first-order valence-corrected chi connectivity index (χ1v) is 6.40. The second-order valence-electron chi connectivity index (χ2n) is 4.02. The van der Waals surface area contributed by atoms with Gasteiger partial charge in [0, 0.05) is 19.3 Å². The van der Waals surface area contributed by atoms with Crippen molar-refractivity contribution < 1.29 is 14.6 Å². The van der Waals surface area contributed by atoms with Gasteiger partial charge in [0.25, 0.3) is 0 Å². The van der Waals surface area contributed by atoms with Crippen molar-refractivity contribution >= 4 is 5.97 Å². The SMILES string of the molecule is CCOC(=O)c1nnn(CCCO)c1-c1ccccn1. The largest absolute Gasteiger partial charge is 0.461 e. The lowest BCUT2D eigenvalue weighted by molar-refractivity contribution is 0.0520. The Balaban J connectivity index is 2.43. The summed E-state index contributed by atoms with van der Waals surface area (Å²) in [7, 11) is 0. The Morgan fingerprint density at radius 3 is 2.95 bits per heavy atom. The minimum atomic E-state index is -0.525. The molecule has 7 heteroatoms. The summed E-state index contributed by atoms with van der Waals surface area (Å²) >= 11 is 0. The molecule has 2 rings (SSSR count). The smallest absolute Gasteiger partial charge is 0.361 e. The van der Waals surface area contributed by atoms with E-state index in [2.05, 4.69) is 15.3 Å². The van der Waals surface area contributed by atoms with E-state index in [4.69, 9.17) is 9.84 Å². The lowest BCUT2D eigenvalue weighted by Crippen LogP contribution is -2.09. The van der Waals surface area contributed by atoms with Crippen LogP contribution in [0.25, 0.3) is 11.4 Å². The van der Waals surface area contributed by atoms with Gasteiger partial charge in [0.15, 0.2) is 5.69 Å². The van der Waals surface area contributed by atoms with E-state index in [-0.39, 0.29) is 18.9 Å². The molecule has 0 atom stereocenters. The Bertz CT molecular complexity index is 568. The molecule has 20 heavy (non-hydrogen) atoms. The first-order valence-electron chi connectivity index (χ1n) is 6.40. The van der Waals surface area contributed by atoms with Crippen LogP contribution in [-0.4, -0.2) is 44.3 Å². The van der Waals surface area contributed by atoms with Gasteiger partial charge in [0.2, 0.25) is 0 Å². The summed E-state index contributed by atoms with van der Waals surface area (Å²) in [5.74, 6) is -0.525. The Morgan fingerprint density at radius 1 is 1.45 bits per heavy atom. The number of nitrogens with zero attached hydrogens (tertiary/aromatic N) is 4. The summed E-state index contributed by atoms with van der Waals surface area (Å²) < 4.78 is 6.54. The van der Waals surface area contributed by atoms with Gasteiger partial charge in [-0.15, -0.1) is 5.10 Å². The number of aromatic nitrogens is 4. The van der Waals surface area contributed by atoms with Crippen molar-refractivity contribution in [2.45, 2.75) is 19.9 Å². The number of rotatable bonds is 6. The van der Waals surface area contributed by atoms with E-state index in [1.807, 2.05) is 6.07 Å². The molecule has 106 valence electrons. The Hall–Kier alpha value is -2.28. The maximum atomic E-state index is 11.9. The highest BCUT2D eigenvalue weighted by atomic mass is 16.5. The summed E-state index contributed by atoms with van der Waals surface area (Å²) in [4.78, 5) is 16.1. The van der Waals surface area contributed by atoms with Gasteiger partial charge in [-0.1, -0.05) is 11.3 Å². The summed E-state index contributed by atoms with van der Waals surface area (Å²) in [6.45, 7) is 2.49. The molecular formula is C13H16N4O3. The topological polar surface area (TPSA) is 90.1 Å². The van der Waals surface area contributed by atoms with E-state index in [0.717, 1.165) is 0 Å². The number of aliphatic hydroxyl groups excluding tert-OH is 1. The molecule has 0 aromatic carbocycles. The number of pyridine rings is 1. The lowest BCUT2D eigenvalue weighted by atomic mass is 10.2. The van der Waals surface area contributed by atoms with E-state index >= 15 is 0 Å². The molecule has 0 spiro atoms. The number of aliphatic hydroxyl groups is 1. The van der Waals surface area contributed by atoms with Crippen molar-refractivity contribution in [3.05, 3.63) is 30.1 Å². The summed E-state index contributed by atoms with van der Waals surface area (Å²) in [5, 5.41) is 16.7. The average Bonchev–Trinajstić information content (AvgIpc) is 2.90. The third kappa shape index (κ3) is 3.00. The Morgan fingerprint density at radius 2 is 2.30 bits per heavy atom. The van der Waals surface area contributed by atoms with Gasteiger partial charge < -0.3 is 9.84 Å². The highest BCUT2D eigenvalue weighted by Gasteiger charge is 2.22. The van der Waals surface area contributed by atoms with Crippen molar-refractivity contribution in [3.63, 3.8) is 0 Å². The fraction of sp³-hybridized carbons (Fsp3) is 0.385. The molecule has 2 aromatic heterocycles. The van der Waals surface area contributed by atoms with Crippen LogP contribution in [-0.2, 0) is 11.3 Å². The molecule has 0 aliphatic carbocycles. The third-order valence-corrected chi connectivity index (χ3v) is 2.64. The summed E-state index contributed by atoms with van der Waals surface area (Å²) in [6, 6.07) is 5.38. The number of aryl methyl sites for hydroxylation is 1. The molecule has 7 nitrogen and oxygen atoms in total. The van der Waals surface area contributed by atoms with E-state index in [1.54, 1.807) is 29.9 Å². The van der Waals surface area contributed by atoms with E-state index in [0.29, 0.717) is 24.4 Å². The average molecular weight is 276 g/mol. The van der Waals surface area contributed by atoms with Crippen LogP contribution in [0.1, 0.15) is 23.8 Å². The minimum absolute atomic E-state index is 0.0380. The zero-order valence-electron chi connectivity index (χ0n) is 11.2. The highest BCUT2D eigenvalue weighted by Crippen LogP contribution is 2.20. The first-order chi connectivity index (χ1) is 9.77. The molecule has 1 N–H and O–H groups in total. The van der Waals surface area contributed by atoms with Gasteiger partial charge in [0.05, 0.1) is 12.3 Å². The zero-order valence-corrected chi connectivity index (χ0v) is 11.2. The quantitative estimate of drug-likeness (QED) is 0.788. The monoisotopic (exact) mass is 276 g/mol. The van der Waals surface area contributed by atoms with Crippen molar-refractivity contribution in [1.82, 2.24) is 20.0 Å². The fourth-order valence-corrected chi connectivity index (χ4v) is 1.78. The number of ether oxygens (including phenoxy) is 1. The van der Waals surface area contributed by atoms with Gasteiger partial charge >= 0.3 is 5.97 Å². The van der Waals surface area contributed by atoms with Gasteiger partial charge in [-0.25, -0.2) is 9.48 Å². The maximum absolute atomic E-state index is 11.9. The normalized spacial score (nSPS) is 10.5. The van der Waals surface area contributed by atoms with Crippen molar-refractivity contribution in [1.29, 1.82) is 0 Å². The zero-order chi connectivity index (χ0) is 14.4. The van der Waals surface area contributed by atoms with E-state index in [1.165, 1.54) is 0 Å². The number of hydrogen-bond acceptors (Lipinski definition) is 6. The minimum Gasteiger partial charge on any atom is -0.461 e. The highest BCUT2D eigenvalue weighted by molar-refractivity contribution is 5.93. The van der Waals surface area contributed by atoms with Crippen molar-refractivity contribution in [3.8, 4) is 11.4 Å². The second kappa shape index (κ2) is 6.76. The predicted molar refractivity (Wildman–Crippen MR) is 70.9 cm³/mol. The molecule has 0 saturated heterocycles. The lowest BCUT2D eigenvalue weighted by Gasteiger charge is -2.06. The van der Waals surface area contributed by atoms with Crippen LogP contribution in [0.3, 0.4) is 0 Å². The van der Waals surface area contributed by atoms with E-state index in [9.17, 15) is 4.79 Å². The van der Waals surface area contributed by atoms with Crippen molar-refractivity contribution in [2.75, 3.05) is 13.2 Å². The molecule has 0 amide bonds. The number of esters is 1. The van der Waals surface area contributed by atoms with Crippen LogP contribution in [0.5, 0.6) is 0 Å². The van der Waals surface area contributed by atoms with Gasteiger partial charge in [-0.05, 0) is 25.5 Å². The first kappa shape index (κ1) is 14.1. The molecule has 2 aromatic rings. The van der Waals surface area contributed by atoms with Crippen LogP contribution in [0.2, 0.25) is 0 Å². The van der Waals surface area contributed by atoms with Crippen LogP contribution >= 0.6 is 0 Å². The van der Waals surface area contributed by atoms with Crippen LogP contribution in [0, 0.1) is 0 Å². The predicted octanol–water partition coefficient (Wildman–Crippen LogP) is 0.899. The standard InChI is InChI=1S/C13H16N4O3/c1-2-20-13(19)11-12(10-6-3-4-7-14-10)17(16-15-11)8-5-9-18/h3-4,6-7,18H,2,5,8-9H2,1H3. The van der Waals surface area contributed by atoms with Crippen LogP contribution < -0.4 is 0 Å². The molecule has 0 aliphatic rings. The van der Waals surface area contributed by atoms with Gasteiger partial charge in [-0.3, -0.25) is 4.98 Å². The number of carbonyl (C=O) groups is 1. The molecule has 0 saturated carbocycles. The maximum Gasteiger partial charge on any atom is 0.361 e. The molecule has 2 heterocycles. The Labute approximate surface area is 116 Å². The van der Waals surface area contributed by atoms with E-state index < -0.39 is 5.97 Å². The van der Waals surface area contributed by atoms with Crippen molar-refractivity contribution in [2.24, 2.45) is 0 Å². The van der Waals surface area contributed by atoms with Crippen LogP contribution in [0.15, 0.2) is 24.4 Å². The molecule has 0 radical (unpaired) electrons. The Kier molecular flexibility index (Phi) is 4.78. The fourth-order valence-electron chi connectivity index (χ4n) is 1.78. The molecule has 0 aliphatic heterocycles. The summed E-state index contributed by atoms with van der Waals surface area (Å²) in [5.41, 5.74) is 1.25. The molecule has 0 fully saturated rings. The molecule has 0 bridgehead atoms. The number of carbonyl (C=O) groups excluding carboxylic acids is 1.